The summed E-state index contributed by atoms with van der Waals surface area (Å²) in [6, 6.07) is 14.4. The van der Waals surface area contributed by atoms with E-state index in [0.717, 1.165) is 23.5 Å². The predicted molar refractivity (Wildman–Crippen MR) is 101 cm³/mol. The number of anilines is 4. The molecule has 0 amide bonds. The van der Waals surface area contributed by atoms with E-state index in [1.54, 1.807) is 6.20 Å². The van der Waals surface area contributed by atoms with Gasteiger partial charge in [-0.25, -0.2) is 0 Å². The SMILES string of the molecule is Cc1c(Cl)cccc1Nc1nncc(N2c3ccccc3CC2C)n1. The summed E-state index contributed by atoms with van der Waals surface area (Å²) in [5, 5.41) is 12.2. The molecule has 1 unspecified atom stereocenters. The van der Waals surface area contributed by atoms with Crippen molar-refractivity contribution in [3.8, 4) is 0 Å². The van der Waals surface area contributed by atoms with Gasteiger partial charge in [-0.15, -0.1) is 5.10 Å². The number of hydrogen-bond donors (Lipinski definition) is 1. The molecule has 0 saturated heterocycles. The van der Waals surface area contributed by atoms with Crippen molar-refractivity contribution in [3.05, 3.63) is 64.8 Å². The summed E-state index contributed by atoms with van der Waals surface area (Å²) in [5.74, 6) is 1.24. The molecule has 0 spiro atoms. The number of hydrogen-bond acceptors (Lipinski definition) is 5. The van der Waals surface area contributed by atoms with Gasteiger partial charge < -0.3 is 10.2 Å². The molecular weight excluding hydrogens is 334 g/mol. The molecule has 2 heterocycles. The van der Waals surface area contributed by atoms with Crippen molar-refractivity contribution in [1.82, 2.24) is 15.2 Å². The normalized spacial score (nSPS) is 16.0. The van der Waals surface area contributed by atoms with Crippen molar-refractivity contribution in [1.29, 1.82) is 0 Å². The standard InChI is InChI=1S/C19H18ClN5/c1-12-10-14-6-3-4-9-17(14)25(12)18-11-21-24-19(23-18)22-16-8-5-7-15(20)13(16)2/h3-9,11-12H,10H2,1-2H3,(H,22,23,24). The van der Waals surface area contributed by atoms with Crippen molar-refractivity contribution in [2.75, 3.05) is 10.2 Å². The smallest absolute Gasteiger partial charge is 0.249 e. The molecule has 1 atom stereocenters. The molecule has 1 aromatic heterocycles. The minimum absolute atomic E-state index is 0.329. The Morgan fingerprint density at radius 2 is 2.00 bits per heavy atom. The molecule has 1 aliphatic heterocycles. The van der Waals surface area contributed by atoms with Crippen molar-refractivity contribution < 1.29 is 0 Å². The Bertz CT molecular complexity index is 927. The molecule has 2 aromatic carbocycles. The molecule has 0 radical (unpaired) electrons. The summed E-state index contributed by atoms with van der Waals surface area (Å²) in [5.41, 5.74) is 4.34. The zero-order valence-corrected chi connectivity index (χ0v) is 14.8. The molecule has 3 aromatic rings. The Kier molecular flexibility index (Phi) is 4.01. The molecule has 1 N–H and O–H groups in total. The fourth-order valence-electron chi connectivity index (χ4n) is 3.24. The van der Waals surface area contributed by atoms with E-state index >= 15 is 0 Å². The van der Waals surface area contributed by atoms with Gasteiger partial charge >= 0.3 is 0 Å². The van der Waals surface area contributed by atoms with E-state index < -0.39 is 0 Å². The number of benzene rings is 2. The van der Waals surface area contributed by atoms with Crippen LogP contribution in [-0.2, 0) is 6.42 Å². The highest BCUT2D eigenvalue weighted by Gasteiger charge is 2.28. The molecule has 1 aliphatic rings. The van der Waals surface area contributed by atoms with Gasteiger partial charge in [-0.05, 0) is 49.6 Å². The second kappa shape index (κ2) is 6.33. The van der Waals surface area contributed by atoms with E-state index in [2.05, 4.69) is 50.5 Å². The Balaban J connectivity index is 1.67. The van der Waals surface area contributed by atoms with Gasteiger partial charge in [-0.1, -0.05) is 35.9 Å². The van der Waals surface area contributed by atoms with Gasteiger partial charge in [0.05, 0.1) is 6.20 Å². The quantitative estimate of drug-likeness (QED) is 0.743. The van der Waals surface area contributed by atoms with E-state index in [-0.39, 0.29) is 0 Å². The van der Waals surface area contributed by atoms with Crippen LogP contribution in [0.4, 0.5) is 23.1 Å². The lowest BCUT2D eigenvalue weighted by Crippen LogP contribution is -2.25. The third-order valence-corrected chi connectivity index (χ3v) is 4.92. The van der Waals surface area contributed by atoms with Gasteiger partial charge in [0.25, 0.3) is 0 Å². The van der Waals surface area contributed by atoms with E-state index in [1.165, 1.54) is 11.3 Å². The Hall–Kier alpha value is -2.66. The van der Waals surface area contributed by atoms with Crippen LogP contribution in [0, 0.1) is 6.92 Å². The van der Waals surface area contributed by atoms with Gasteiger partial charge in [-0.3, -0.25) is 0 Å². The van der Waals surface area contributed by atoms with Gasteiger partial charge in [-0.2, -0.15) is 10.1 Å². The molecular formula is C19H18ClN5. The van der Waals surface area contributed by atoms with Crippen LogP contribution in [0.3, 0.4) is 0 Å². The average molecular weight is 352 g/mol. The first kappa shape index (κ1) is 15.8. The maximum atomic E-state index is 6.19. The summed E-state index contributed by atoms with van der Waals surface area (Å²) < 4.78 is 0. The molecule has 5 nitrogen and oxygen atoms in total. The highest BCUT2D eigenvalue weighted by atomic mass is 35.5. The lowest BCUT2D eigenvalue weighted by Gasteiger charge is -2.23. The Morgan fingerprint density at radius 3 is 2.88 bits per heavy atom. The van der Waals surface area contributed by atoms with Crippen LogP contribution in [0.1, 0.15) is 18.1 Å². The van der Waals surface area contributed by atoms with Crippen LogP contribution in [0.2, 0.25) is 5.02 Å². The number of para-hydroxylation sites is 1. The number of rotatable bonds is 3. The summed E-state index contributed by atoms with van der Waals surface area (Å²) in [7, 11) is 0. The number of nitrogens with one attached hydrogen (secondary N) is 1. The molecule has 126 valence electrons. The van der Waals surface area contributed by atoms with Crippen LogP contribution >= 0.6 is 11.6 Å². The first-order valence-electron chi connectivity index (χ1n) is 8.22. The molecule has 0 fully saturated rings. The number of nitrogens with zero attached hydrogens (tertiary/aromatic N) is 4. The molecule has 0 bridgehead atoms. The highest BCUT2D eigenvalue weighted by Crippen LogP contribution is 2.37. The first-order valence-corrected chi connectivity index (χ1v) is 8.60. The summed E-state index contributed by atoms with van der Waals surface area (Å²) in [4.78, 5) is 6.88. The van der Waals surface area contributed by atoms with Gasteiger partial charge in [0.15, 0.2) is 5.82 Å². The van der Waals surface area contributed by atoms with Crippen LogP contribution in [-0.4, -0.2) is 21.2 Å². The van der Waals surface area contributed by atoms with E-state index in [0.29, 0.717) is 17.0 Å². The minimum atomic E-state index is 0.329. The fourth-order valence-corrected chi connectivity index (χ4v) is 3.42. The zero-order chi connectivity index (χ0) is 17.4. The highest BCUT2D eigenvalue weighted by molar-refractivity contribution is 6.31. The van der Waals surface area contributed by atoms with E-state index in [9.17, 15) is 0 Å². The minimum Gasteiger partial charge on any atom is -0.323 e. The van der Waals surface area contributed by atoms with Crippen LogP contribution in [0.25, 0.3) is 0 Å². The second-order valence-corrected chi connectivity index (χ2v) is 6.63. The Morgan fingerprint density at radius 1 is 1.16 bits per heavy atom. The zero-order valence-electron chi connectivity index (χ0n) is 14.1. The molecule has 0 saturated carbocycles. The second-order valence-electron chi connectivity index (χ2n) is 6.23. The topological polar surface area (TPSA) is 53.9 Å². The van der Waals surface area contributed by atoms with E-state index in [1.807, 2.05) is 31.2 Å². The maximum Gasteiger partial charge on any atom is 0.249 e. The third-order valence-electron chi connectivity index (χ3n) is 4.51. The number of halogens is 1. The van der Waals surface area contributed by atoms with Crippen molar-refractivity contribution >= 4 is 34.7 Å². The lowest BCUT2D eigenvalue weighted by atomic mass is 10.1. The first-order chi connectivity index (χ1) is 12.1. The molecule has 4 rings (SSSR count). The lowest BCUT2D eigenvalue weighted by molar-refractivity contribution is 0.745. The largest absolute Gasteiger partial charge is 0.323 e. The summed E-state index contributed by atoms with van der Waals surface area (Å²) in [6.45, 7) is 4.15. The molecule has 0 aliphatic carbocycles. The summed E-state index contributed by atoms with van der Waals surface area (Å²) >= 11 is 6.19. The number of fused-ring (bicyclic) bond motifs is 1. The van der Waals surface area contributed by atoms with Gasteiger partial charge in [0.2, 0.25) is 5.95 Å². The van der Waals surface area contributed by atoms with Crippen LogP contribution in [0.5, 0.6) is 0 Å². The van der Waals surface area contributed by atoms with E-state index in [4.69, 9.17) is 11.6 Å². The van der Waals surface area contributed by atoms with Gasteiger partial charge in [0.1, 0.15) is 0 Å². The monoisotopic (exact) mass is 351 g/mol. The fraction of sp³-hybridized carbons (Fsp3) is 0.211. The molecule has 25 heavy (non-hydrogen) atoms. The number of aromatic nitrogens is 3. The predicted octanol–water partition coefficient (Wildman–Crippen LogP) is 4.66. The van der Waals surface area contributed by atoms with Crippen molar-refractivity contribution in [3.63, 3.8) is 0 Å². The average Bonchev–Trinajstić information content (AvgIpc) is 2.95. The third kappa shape index (κ3) is 2.91. The molecule has 6 heteroatoms. The van der Waals surface area contributed by atoms with Crippen molar-refractivity contribution in [2.45, 2.75) is 26.3 Å². The van der Waals surface area contributed by atoms with Gasteiger partial charge in [0, 0.05) is 22.4 Å². The Labute approximate surface area is 151 Å². The van der Waals surface area contributed by atoms with Crippen LogP contribution in [0.15, 0.2) is 48.7 Å². The van der Waals surface area contributed by atoms with Crippen molar-refractivity contribution in [2.24, 2.45) is 0 Å². The summed E-state index contributed by atoms with van der Waals surface area (Å²) in [6.07, 6.45) is 2.70. The maximum absolute atomic E-state index is 6.19. The van der Waals surface area contributed by atoms with Crippen LogP contribution < -0.4 is 10.2 Å².